The molecule has 1 amide bonds. The predicted octanol–water partition coefficient (Wildman–Crippen LogP) is 2.22. The Bertz CT molecular complexity index is 948. The summed E-state index contributed by atoms with van der Waals surface area (Å²) in [6.45, 7) is 0.274. The molecule has 0 unspecified atom stereocenters. The summed E-state index contributed by atoms with van der Waals surface area (Å²) in [5.74, 6) is -0.449. The van der Waals surface area contributed by atoms with Crippen molar-refractivity contribution >= 4 is 43.3 Å². The molecular formula is C14H13FN4O3S2. The molecule has 0 atom stereocenters. The standard InChI is InChI=1S/C14H13FN4O3S2/c15-8-24(21,22)19-14-18-12(7-23-14)13(20)16-6-10-5-9-3-1-2-4-11(9)17-10/h1-5,7,17H,6,8H2,(H,16,20)(H,18,19). The van der Waals surface area contributed by atoms with E-state index in [0.717, 1.165) is 27.9 Å². The van der Waals surface area contributed by atoms with E-state index in [1.807, 2.05) is 35.1 Å². The number of amides is 1. The van der Waals surface area contributed by atoms with Crippen LogP contribution >= 0.6 is 11.3 Å². The third-order valence-electron chi connectivity index (χ3n) is 3.15. The van der Waals surface area contributed by atoms with Gasteiger partial charge in [0.25, 0.3) is 15.9 Å². The van der Waals surface area contributed by atoms with Crippen LogP contribution in [-0.4, -0.2) is 30.3 Å². The number of carbonyl (C=O) groups excluding carboxylic acids is 1. The molecule has 0 saturated heterocycles. The van der Waals surface area contributed by atoms with Crippen LogP contribution in [0.4, 0.5) is 9.52 Å². The molecule has 0 saturated carbocycles. The number of sulfonamides is 1. The maximum Gasteiger partial charge on any atom is 0.271 e. The molecule has 2 heterocycles. The molecule has 3 aromatic rings. The number of nitrogens with zero attached hydrogens (tertiary/aromatic N) is 1. The van der Waals surface area contributed by atoms with Gasteiger partial charge in [-0.1, -0.05) is 18.2 Å². The van der Waals surface area contributed by atoms with Gasteiger partial charge in [0.1, 0.15) is 5.69 Å². The summed E-state index contributed by atoms with van der Waals surface area (Å²) in [6, 6.07) is 8.11. The first-order valence-electron chi connectivity index (χ1n) is 6.84. The number of rotatable bonds is 6. The molecule has 0 aliphatic heterocycles. The lowest BCUT2D eigenvalue weighted by molar-refractivity contribution is 0.0946. The smallest absolute Gasteiger partial charge is 0.271 e. The topological polar surface area (TPSA) is 104 Å². The third-order valence-corrected chi connectivity index (χ3v) is 4.83. The molecule has 0 spiro atoms. The minimum absolute atomic E-state index is 0.0524. The summed E-state index contributed by atoms with van der Waals surface area (Å²) in [7, 11) is -4.06. The van der Waals surface area contributed by atoms with E-state index in [-0.39, 0.29) is 17.4 Å². The average molecular weight is 368 g/mol. The average Bonchev–Trinajstić information content (AvgIpc) is 3.18. The van der Waals surface area contributed by atoms with Gasteiger partial charge in [0.15, 0.2) is 5.13 Å². The lowest BCUT2D eigenvalue weighted by Gasteiger charge is -2.01. The van der Waals surface area contributed by atoms with Crippen LogP contribution in [0.1, 0.15) is 16.2 Å². The Hall–Kier alpha value is -2.46. The first-order chi connectivity index (χ1) is 11.5. The van der Waals surface area contributed by atoms with Crippen LogP contribution in [0.5, 0.6) is 0 Å². The highest BCUT2D eigenvalue weighted by molar-refractivity contribution is 7.92. The van der Waals surface area contributed by atoms with Gasteiger partial charge in [-0.3, -0.25) is 9.52 Å². The summed E-state index contributed by atoms with van der Waals surface area (Å²) >= 11 is 0.909. The fraction of sp³-hybridized carbons (Fsp3) is 0.143. The summed E-state index contributed by atoms with van der Waals surface area (Å²) in [6.07, 6.45) is 0. The van der Waals surface area contributed by atoms with Crippen molar-refractivity contribution in [2.45, 2.75) is 6.54 Å². The van der Waals surface area contributed by atoms with Crippen molar-refractivity contribution in [1.82, 2.24) is 15.3 Å². The van der Waals surface area contributed by atoms with Crippen molar-refractivity contribution in [1.29, 1.82) is 0 Å². The molecule has 0 aliphatic rings. The van der Waals surface area contributed by atoms with Gasteiger partial charge in [-0.2, -0.15) is 0 Å². The number of fused-ring (bicyclic) bond motifs is 1. The van der Waals surface area contributed by atoms with E-state index in [4.69, 9.17) is 0 Å². The first kappa shape index (κ1) is 16.4. The number of halogens is 1. The summed E-state index contributed by atoms with van der Waals surface area (Å²) in [4.78, 5) is 19.1. The van der Waals surface area contributed by atoms with E-state index < -0.39 is 21.9 Å². The number of benzene rings is 1. The molecule has 0 fully saturated rings. The SMILES string of the molecule is O=C(NCc1cc2ccccc2[nH]1)c1csc(NS(=O)(=O)CF)n1. The Kier molecular flexibility index (Phi) is 4.49. The molecule has 1 aromatic carbocycles. The van der Waals surface area contributed by atoms with Gasteiger partial charge in [-0.05, 0) is 17.5 Å². The lowest BCUT2D eigenvalue weighted by Crippen LogP contribution is -2.23. The van der Waals surface area contributed by atoms with E-state index in [0.29, 0.717) is 0 Å². The van der Waals surface area contributed by atoms with Gasteiger partial charge < -0.3 is 10.3 Å². The zero-order valence-electron chi connectivity index (χ0n) is 12.2. The van der Waals surface area contributed by atoms with Gasteiger partial charge in [-0.25, -0.2) is 17.8 Å². The second kappa shape index (κ2) is 6.57. The van der Waals surface area contributed by atoms with Crippen molar-refractivity contribution in [2.75, 3.05) is 10.7 Å². The molecule has 2 aromatic heterocycles. The fourth-order valence-corrected chi connectivity index (χ4v) is 3.55. The van der Waals surface area contributed by atoms with Crippen molar-refractivity contribution < 1.29 is 17.6 Å². The molecule has 0 radical (unpaired) electrons. The highest BCUT2D eigenvalue weighted by Crippen LogP contribution is 2.18. The number of hydrogen-bond donors (Lipinski definition) is 3. The van der Waals surface area contributed by atoms with E-state index in [9.17, 15) is 17.6 Å². The number of H-pyrrole nitrogens is 1. The number of thiazole rings is 1. The molecule has 24 heavy (non-hydrogen) atoms. The van der Waals surface area contributed by atoms with Crippen molar-refractivity contribution in [3.8, 4) is 0 Å². The second-order valence-corrected chi connectivity index (χ2v) is 7.44. The minimum Gasteiger partial charge on any atom is -0.357 e. The maximum atomic E-state index is 12.3. The van der Waals surface area contributed by atoms with Crippen LogP contribution in [0.15, 0.2) is 35.7 Å². The number of carbonyl (C=O) groups is 1. The quantitative estimate of drug-likeness (QED) is 0.620. The van der Waals surface area contributed by atoms with E-state index >= 15 is 0 Å². The second-order valence-electron chi connectivity index (χ2n) is 4.93. The fourth-order valence-electron chi connectivity index (χ4n) is 2.08. The number of aromatic amines is 1. The van der Waals surface area contributed by atoms with E-state index in [1.165, 1.54) is 5.38 Å². The molecule has 0 bridgehead atoms. The lowest BCUT2D eigenvalue weighted by atomic mass is 10.2. The van der Waals surface area contributed by atoms with Gasteiger partial charge >= 0.3 is 0 Å². The number of hydrogen-bond acceptors (Lipinski definition) is 5. The molecule has 10 heteroatoms. The zero-order chi connectivity index (χ0) is 17.2. The molecular weight excluding hydrogens is 355 g/mol. The van der Waals surface area contributed by atoms with Gasteiger partial charge in [0.05, 0.1) is 6.54 Å². The molecule has 3 rings (SSSR count). The third kappa shape index (κ3) is 3.71. The molecule has 0 aliphatic carbocycles. The largest absolute Gasteiger partial charge is 0.357 e. The van der Waals surface area contributed by atoms with Crippen LogP contribution in [0, 0.1) is 0 Å². The Labute approximate surface area is 141 Å². The monoisotopic (exact) mass is 368 g/mol. The maximum absolute atomic E-state index is 12.3. The number of aromatic nitrogens is 2. The Morgan fingerprint density at radius 3 is 2.88 bits per heavy atom. The van der Waals surface area contributed by atoms with E-state index in [2.05, 4.69) is 15.3 Å². The zero-order valence-corrected chi connectivity index (χ0v) is 13.9. The van der Waals surface area contributed by atoms with E-state index in [1.54, 1.807) is 0 Å². The Morgan fingerprint density at radius 2 is 2.12 bits per heavy atom. The summed E-state index contributed by atoms with van der Waals surface area (Å²) in [5.41, 5.74) is 1.86. The highest BCUT2D eigenvalue weighted by atomic mass is 32.2. The van der Waals surface area contributed by atoms with Crippen LogP contribution in [-0.2, 0) is 16.6 Å². The van der Waals surface area contributed by atoms with Crippen LogP contribution in [0.2, 0.25) is 0 Å². The number of anilines is 1. The number of nitrogens with one attached hydrogen (secondary N) is 3. The molecule has 3 N–H and O–H groups in total. The van der Waals surface area contributed by atoms with Gasteiger partial charge in [-0.15, -0.1) is 11.3 Å². The summed E-state index contributed by atoms with van der Waals surface area (Å²) < 4.78 is 36.5. The van der Waals surface area contributed by atoms with Crippen molar-refractivity contribution in [2.24, 2.45) is 0 Å². The molecule has 126 valence electrons. The number of para-hydroxylation sites is 1. The highest BCUT2D eigenvalue weighted by Gasteiger charge is 2.15. The van der Waals surface area contributed by atoms with Gasteiger partial charge in [0, 0.05) is 16.6 Å². The van der Waals surface area contributed by atoms with Crippen LogP contribution < -0.4 is 10.0 Å². The first-order valence-corrected chi connectivity index (χ1v) is 9.37. The van der Waals surface area contributed by atoms with Crippen LogP contribution in [0.3, 0.4) is 0 Å². The molecule has 7 nitrogen and oxygen atoms in total. The minimum atomic E-state index is -4.06. The van der Waals surface area contributed by atoms with Gasteiger partial charge in [0.2, 0.25) is 6.01 Å². The number of alkyl halides is 1. The predicted molar refractivity (Wildman–Crippen MR) is 90.1 cm³/mol. The van der Waals surface area contributed by atoms with Crippen LogP contribution in [0.25, 0.3) is 10.9 Å². The summed E-state index contributed by atoms with van der Waals surface area (Å²) in [5, 5.41) is 5.08. The Balaban J connectivity index is 1.64. The van der Waals surface area contributed by atoms with Crippen molar-refractivity contribution in [3.63, 3.8) is 0 Å². The normalized spacial score (nSPS) is 11.5. The van der Waals surface area contributed by atoms with Crippen molar-refractivity contribution in [3.05, 3.63) is 47.1 Å². The Morgan fingerprint density at radius 1 is 1.33 bits per heavy atom.